The number of likely N-dealkylation sites (N-methyl/N-ethyl adjacent to an activating group) is 1. The van der Waals surface area contributed by atoms with Gasteiger partial charge < -0.3 is 20.9 Å². The van der Waals surface area contributed by atoms with Crippen molar-refractivity contribution in [1.82, 2.24) is 20.9 Å². The molecule has 1 amide bonds. The van der Waals surface area contributed by atoms with Crippen LogP contribution in [0.1, 0.15) is 41.3 Å². The van der Waals surface area contributed by atoms with Crippen LogP contribution in [0.4, 0.5) is 0 Å². The fourth-order valence-electron chi connectivity index (χ4n) is 3.58. The third-order valence-electron chi connectivity index (χ3n) is 5.63. The molecule has 0 unspecified atom stereocenters. The second kappa shape index (κ2) is 11.0. The van der Waals surface area contributed by atoms with E-state index in [4.69, 9.17) is 4.99 Å². The van der Waals surface area contributed by atoms with Gasteiger partial charge in [0.25, 0.3) is 5.91 Å². The second-order valence-electron chi connectivity index (χ2n) is 8.45. The first-order chi connectivity index (χ1) is 15.0. The zero-order valence-corrected chi connectivity index (χ0v) is 18.9. The molecule has 1 aliphatic carbocycles. The van der Waals surface area contributed by atoms with E-state index in [0.29, 0.717) is 18.7 Å². The van der Waals surface area contributed by atoms with Crippen LogP contribution in [0.2, 0.25) is 0 Å². The Bertz CT molecular complexity index is 874. The maximum atomic E-state index is 12.4. The van der Waals surface area contributed by atoms with Crippen molar-refractivity contribution in [3.8, 4) is 0 Å². The van der Waals surface area contributed by atoms with E-state index in [1.165, 1.54) is 18.4 Å². The number of guanidine groups is 1. The smallest absolute Gasteiger partial charge is 0.251 e. The van der Waals surface area contributed by atoms with Crippen LogP contribution in [0, 0.1) is 0 Å². The maximum absolute atomic E-state index is 12.4. The first-order valence-electron chi connectivity index (χ1n) is 11.1. The zero-order valence-electron chi connectivity index (χ0n) is 18.9. The number of nitrogens with one attached hydrogen (secondary N) is 3. The topological polar surface area (TPSA) is 68.8 Å². The molecule has 1 fully saturated rings. The highest BCUT2D eigenvalue weighted by atomic mass is 16.1. The van der Waals surface area contributed by atoms with E-state index < -0.39 is 0 Å². The lowest BCUT2D eigenvalue weighted by molar-refractivity contribution is 0.0951. The van der Waals surface area contributed by atoms with Gasteiger partial charge in [0.2, 0.25) is 0 Å². The van der Waals surface area contributed by atoms with Gasteiger partial charge in [-0.1, -0.05) is 42.5 Å². The van der Waals surface area contributed by atoms with E-state index in [0.717, 1.165) is 31.2 Å². The average molecular weight is 422 g/mol. The highest BCUT2D eigenvalue weighted by Gasteiger charge is 2.43. The molecule has 166 valence electrons. The zero-order chi connectivity index (χ0) is 22.1. The lowest BCUT2D eigenvalue weighted by Crippen LogP contribution is -2.41. The van der Waals surface area contributed by atoms with E-state index in [-0.39, 0.29) is 11.3 Å². The van der Waals surface area contributed by atoms with Crippen LogP contribution in [0.3, 0.4) is 0 Å². The molecule has 1 aliphatic rings. The van der Waals surface area contributed by atoms with Gasteiger partial charge in [0.05, 0.1) is 6.54 Å². The Morgan fingerprint density at radius 1 is 1.03 bits per heavy atom. The van der Waals surface area contributed by atoms with Crippen molar-refractivity contribution in [1.29, 1.82) is 0 Å². The molecule has 2 aromatic carbocycles. The summed E-state index contributed by atoms with van der Waals surface area (Å²) in [6, 6.07) is 18.4. The minimum atomic E-state index is -0.0451. The molecule has 6 heteroatoms. The number of hydrogen-bond acceptors (Lipinski definition) is 3. The van der Waals surface area contributed by atoms with Gasteiger partial charge in [-0.3, -0.25) is 4.79 Å². The summed E-state index contributed by atoms with van der Waals surface area (Å²) in [5.74, 6) is 0.766. The van der Waals surface area contributed by atoms with Gasteiger partial charge in [-0.2, -0.15) is 0 Å². The summed E-state index contributed by atoms with van der Waals surface area (Å²) in [4.78, 5) is 19.2. The number of benzene rings is 2. The largest absolute Gasteiger partial charge is 0.357 e. The van der Waals surface area contributed by atoms with Gasteiger partial charge in [-0.15, -0.1) is 0 Å². The average Bonchev–Trinajstić information content (AvgIpc) is 3.57. The first kappa shape index (κ1) is 22.8. The molecule has 0 aromatic heterocycles. The van der Waals surface area contributed by atoms with Crippen molar-refractivity contribution in [2.24, 2.45) is 4.99 Å². The lowest BCUT2D eigenvalue weighted by Gasteiger charge is -2.19. The summed E-state index contributed by atoms with van der Waals surface area (Å²) in [5.41, 5.74) is 3.31. The van der Waals surface area contributed by atoms with E-state index in [1.807, 2.05) is 43.3 Å². The number of carbonyl (C=O) groups is 1. The van der Waals surface area contributed by atoms with Crippen LogP contribution in [0.5, 0.6) is 0 Å². The van der Waals surface area contributed by atoms with Crippen LogP contribution < -0.4 is 16.0 Å². The molecule has 0 aliphatic heterocycles. The first-order valence-corrected chi connectivity index (χ1v) is 11.1. The standard InChI is InChI=1S/C25H35N5O/c1-4-26-24(29-19-25(13-14-25)22-11-6-5-7-12-22)28-18-20-9-8-10-21(17-20)23(31)27-15-16-30(2)3/h5-12,17H,4,13-16,18-19H2,1-3H3,(H,27,31)(H2,26,28,29). The summed E-state index contributed by atoms with van der Waals surface area (Å²) in [7, 11) is 3.98. The number of carbonyl (C=O) groups excluding carboxylic acids is 1. The molecular formula is C25H35N5O. The molecule has 3 rings (SSSR count). The van der Waals surface area contributed by atoms with Crippen LogP contribution >= 0.6 is 0 Å². The predicted molar refractivity (Wildman–Crippen MR) is 128 cm³/mol. The second-order valence-corrected chi connectivity index (χ2v) is 8.45. The molecule has 6 nitrogen and oxygen atoms in total. The van der Waals surface area contributed by atoms with Gasteiger partial charge >= 0.3 is 0 Å². The third-order valence-corrected chi connectivity index (χ3v) is 5.63. The van der Waals surface area contributed by atoms with E-state index in [9.17, 15) is 4.79 Å². The molecule has 1 saturated carbocycles. The molecule has 0 radical (unpaired) electrons. The summed E-state index contributed by atoms with van der Waals surface area (Å²) < 4.78 is 0. The maximum Gasteiger partial charge on any atom is 0.251 e. The summed E-state index contributed by atoms with van der Waals surface area (Å²) in [6.07, 6.45) is 2.41. The van der Waals surface area contributed by atoms with Crippen LogP contribution in [-0.4, -0.2) is 57.0 Å². The Labute approximate surface area is 186 Å². The Kier molecular flexibility index (Phi) is 8.06. The van der Waals surface area contributed by atoms with E-state index in [1.54, 1.807) is 0 Å². The van der Waals surface area contributed by atoms with E-state index >= 15 is 0 Å². The lowest BCUT2D eigenvalue weighted by atomic mass is 9.96. The van der Waals surface area contributed by atoms with Crippen LogP contribution in [-0.2, 0) is 12.0 Å². The van der Waals surface area contributed by atoms with Crippen molar-refractivity contribution in [2.45, 2.75) is 31.7 Å². The number of amides is 1. The molecule has 0 spiro atoms. The predicted octanol–water partition coefficient (Wildman–Crippen LogP) is 2.76. The van der Waals surface area contributed by atoms with Crippen molar-refractivity contribution in [3.05, 3.63) is 71.3 Å². The van der Waals surface area contributed by atoms with Crippen molar-refractivity contribution >= 4 is 11.9 Å². The summed E-state index contributed by atoms with van der Waals surface area (Å²) in [5, 5.41) is 9.82. The third kappa shape index (κ3) is 6.82. The molecule has 0 saturated heterocycles. The Morgan fingerprint density at radius 2 is 1.81 bits per heavy atom. The van der Waals surface area contributed by atoms with Crippen molar-refractivity contribution < 1.29 is 4.79 Å². The number of hydrogen-bond donors (Lipinski definition) is 3. The highest BCUT2D eigenvalue weighted by Crippen LogP contribution is 2.47. The highest BCUT2D eigenvalue weighted by molar-refractivity contribution is 5.94. The van der Waals surface area contributed by atoms with Crippen LogP contribution in [0.25, 0.3) is 0 Å². The fraction of sp³-hybridized carbons (Fsp3) is 0.440. The Morgan fingerprint density at radius 3 is 2.48 bits per heavy atom. The fourth-order valence-corrected chi connectivity index (χ4v) is 3.58. The van der Waals surface area contributed by atoms with Gasteiger partial charge in [0.15, 0.2) is 5.96 Å². The van der Waals surface area contributed by atoms with Gasteiger partial charge in [0, 0.05) is 37.2 Å². The number of nitrogens with zero attached hydrogens (tertiary/aromatic N) is 2. The quantitative estimate of drug-likeness (QED) is 0.408. The minimum absolute atomic E-state index is 0.0451. The van der Waals surface area contributed by atoms with Crippen LogP contribution in [0.15, 0.2) is 59.6 Å². The van der Waals surface area contributed by atoms with Gasteiger partial charge in [0.1, 0.15) is 0 Å². The molecular weight excluding hydrogens is 386 g/mol. The number of rotatable bonds is 10. The van der Waals surface area contributed by atoms with E-state index in [2.05, 4.69) is 53.2 Å². The monoisotopic (exact) mass is 421 g/mol. The molecule has 0 heterocycles. The van der Waals surface area contributed by atoms with Gasteiger partial charge in [-0.25, -0.2) is 4.99 Å². The molecule has 31 heavy (non-hydrogen) atoms. The Balaban J connectivity index is 1.58. The normalized spacial score (nSPS) is 14.9. The SMILES string of the molecule is CCNC(=NCc1cccc(C(=O)NCCN(C)C)c1)NCC1(c2ccccc2)CC1. The summed E-state index contributed by atoms with van der Waals surface area (Å²) >= 11 is 0. The van der Waals surface area contributed by atoms with Crippen molar-refractivity contribution in [2.75, 3.05) is 40.3 Å². The number of aliphatic imine (C=N–C) groups is 1. The van der Waals surface area contributed by atoms with Crippen molar-refractivity contribution in [3.63, 3.8) is 0 Å². The Hall–Kier alpha value is -2.86. The molecule has 0 bridgehead atoms. The minimum Gasteiger partial charge on any atom is -0.357 e. The molecule has 3 N–H and O–H groups in total. The molecule has 2 aromatic rings. The van der Waals surface area contributed by atoms with Gasteiger partial charge in [-0.05, 0) is 57.1 Å². The summed E-state index contributed by atoms with van der Waals surface area (Å²) in [6.45, 7) is 5.71. The molecule has 0 atom stereocenters.